The number of fused-ring (bicyclic) bond motifs is 8. The number of nitrogens with zero attached hydrogens (tertiary/aromatic N) is 5. The minimum atomic E-state index is -0.594. The molecule has 0 fully saturated rings. The molecule has 0 saturated heterocycles. The third kappa shape index (κ3) is 5.31. The number of rotatable bonds is 4. The maximum absolute atomic E-state index is 3.89. The molecule has 6 heteroatoms. The van der Waals surface area contributed by atoms with Gasteiger partial charge in [-0.3, -0.25) is 0 Å². The van der Waals surface area contributed by atoms with Crippen LogP contribution in [-0.2, 0) is 17.6 Å². The number of benzene rings is 6. The number of hydrogen-bond acceptors (Lipinski definition) is 5. The SMILES string of the molecule is CN1C=CN2[C]1=[Pt]=[C]1N(C)C=CN1c1[c-]c(ccc1)N(c1c(-c3ccccc3)cc(-c3ccccc3)cc1-c1ccccc1)c1[c-]c2ccc1. The standard InChI is InChI=1S/C44H33N5.Pt/c1-45-24-26-47(32-45)38-20-12-22-40(30-38)49(41-23-13-21-39(31-41)48-27-25-46(2)33-48)44-42(35-16-8-4-9-17-35)28-37(34-14-6-3-7-15-34)29-43(44)36-18-10-5-11-19-36;/h3-29H,1-2H3;/q-2;. The summed E-state index contributed by atoms with van der Waals surface area (Å²) in [4.78, 5) is 11.5. The summed E-state index contributed by atoms with van der Waals surface area (Å²) in [5.74, 6) is 0. The third-order valence-electron chi connectivity index (χ3n) is 9.07. The van der Waals surface area contributed by atoms with Gasteiger partial charge in [-0.15, -0.1) is 0 Å². The van der Waals surface area contributed by atoms with Crippen molar-refractivity contribution >= 4 is 36.7 Å². The quantitative estimate of drug-likeness (QED) is 0.164. The first-order chi connectivity index (χ1) is 24.6. The van der Waals surface area contributed by atoms with Gasteiger partial charge >= 0.3 is 285 Å². The van der Waals surface area contributed by atoms with Gasteiger partial charge in [0.15, 0.2) is 0 Å². The fraction of sp³-hybridized carbons (Fsp3) is 0.0455. The molecule has 6 aromatic rings. The molecule has 0 spiro atoms. The summed E-state index contributed by atoms with van der Waals surface area (Å²) >= 11 is -0.594. The van der Waals surface area contributed by atoms with E-state index in [1.165, 1.54) is 13.9 Å². The van der Waals surface area contributed by atoms with E-state index in [1.807, 2.05) is 0 Å². The van der Waals surface area contributed by atoms with Crippen molar-refractivity contribution in [3.8, 4) is 33.4 Å². The van der Waals surface area contributed by atoms with E-state index in [0.29, 0.717) is 0 Å². The number of anilines is 5. The monoisotopic (exact) mass is 826 g/mol. The minimum absolute atomic E-state index is 0.594. The maximum atomic E-state index is 3.89. The molecule has 0 atom stereocenters. The van der Waals surface area contributed by atoms with Crippen molar-refractivity contribution in [3.05, 3.63) is 176 Å². The van der Waals surface area contributed by atoms with Crippen LogP contribution in [0.25, 0.3) is 33.4 Å². The molecular formula is C44H33N5Pt-2. The van der Waals surface area contributed by atoms with Gasteiger partial charge in [-0.2, -0.15) is 0 Å². The van der Waals surface area contributed by atoms with Gasteiger partial charge in [-0.1, -0.05) is 18.2 Å². The van der Waals surface area contributed by atoms with Gasteiger partial charge < -0.3 is 0 Å². The molecule has 0 radical (unpaired) electrons. The van der Waals surface area contributed by atoms with Crippen molar-refractivity contribution in [2.45, 2.75) is 0 Å². The first-order valence-corrected chi connectivity index (χ1v) is 18.8. The van der Waals surface area contributed by atoms with E-state index in [2.05, 4.69) is 215 Å². The van der Waals surface area contributed by atoms with E-state index in [9.17, 15) is 0 Å². The van der Waals surface area contributed by atoms with Crippen molar-refractivity contribution in [1.82, 2.24) is 9.80 Å². The predicted molar refractivity (Wildman–Crippen MR) is 204 cm³/mol. The third-order valence-corrected chi connectivity index (χ3v) is 12.8. The van der Waals surface area contributed by atoms with Gasteiger partial charge in [-0.05, 0) is 0 Å². The average Bonchev–Trinajstić information content (AvgIpc) is 3.73. The van der Waals surface area contributed by atoms with Crippen LogP contribution in [-0.4, -0.2) is 32.2 Å². The van der Waals surface area contributed by atoms with Gasteiger partial charge in [0.05, 0.1) is 0 Å². The molecule has 0 aromatic heterocycles. The topological polar surface area (TPSA) is 16.2 Å². The van der Waals surface area contributed by atoms with Crippen molar-refractivity contribution in [2.75, 3.05) is 28.8 Å². The average molecular weight is 827 g/mol. The Bertz CT molecular complexity index is 2220. The molecule has 0 N–H and O–H groups in total. The molecule has 4 bridgehead atoms. The molecule has 0 aliphatic carbocycles. The summed E-state index contributed by atoms with van der Waals surface area (Å²) in [6.07, 6.45) is 8.63. The second-order valence-electron chi connectivity index (χ2n) is 12.3. The van der Waals surface area contributed by atoms with Crippen LogP contribution in [0.2, 0.25) is 0 Å². The van der Waals surface area contributed by atoms with Gasteiger partial charge in [0.1, 0.15) is 0 Å². The zero-order valence-electron chi connectivity index (χ0n) is 27.6. The molecule has 3 heterocycles. The first-order valence-electron chi connectivity index (χ1n) is 16.5. The first kappa shape index (κ1) is 30.3. The normalized spacial score (nSPS) is 15.0. The molecule has 3 aliphatic heterocycles. The summed E-state index contributed by atoms with van der Waals surface area (Å²) < 4.78 is 2.53. The predicted octanol–water partition coefficient (Wildman–Crippen LogP) is 9.47. The van der Waals surface area contributed by atoms with Crippen LogP contribution in [0.5, 0.6) is 0 Å². The Morgan fingerprint density at radius 3 is 1.30 bits per heavy atom. The van der Waals surface area contributed by atoms with E-state index >= 15 is 0 Å². The summed E-state index contributed by atoms with van der Waals surface area (Å²) in [7, 11) is 4.28. The zero-order chi connectivity index (χ0) is 33.6. The molecule has 246 valence electrons. The Balaban J connectivity index is 1.39. The second-order valence-corrected chi connectivity index (χ2v) is 14.9. The Morgan fingerprint density at radius 1 is 0.420 bits per heavy atom. The van der Waals surface area contributed by atoms with Crippen LogP contribution in [0.15, 0.2) is 164 Å². The Hall–Kier alpha value is -5.77. The van der Waals surface area contributed by atoms with E-state index in [1.54, 1.807) is 0 Å². The second kappa shape index (κ2) is 12.6. The molecule has 5 nitrogen and oxygen atoms in total. The van der Waals surface area contributed by atoms with Crippen LogP contribution in [0, 0.1) is 12.1 Å². The van der Waals surface area contributed by atoms with E-state index in [0.717, 1.165) is 56.3 Å². The van der Waals surface area contributed by atoms with Crippen LogP contribution in [0.4, 0.5) is 28.4 Å². The van der Waals surface area contributed by atoms with Gasteiger partial charge in [0.2, 0.25) is 0 Å². The fourth-order valence-corrected chi connectivity index (χ4v) is 9.68. The molecule has 3 aliphatic rings. The molecular weight excluding hydrogens is 794 g/mol. The summed E-state index contributed by atoms with van der Waals surface area (Å²) in [5.41, 5.74) is 11.8. The van der Waals surface area contributed by atoms with E-state index in [-0.39, 0.29) is 0 Å². The molecule has 6 aromatic carbocycles. The molecule has 9 rings (SSSR count). The van der Waals surface area contributed by atoms with Crippen molar-refractivity contribution in [1.29, 1.82) is 0 Å². The van der Waals surface area contributed by atoms with E-state index in [4.69, 9.17) is 0 Å². The van der Waals surface area contributed by atoms with Crippen LogP contribution >= 0.6 is 0 Å². The summed E-state index contributed by atoms with van der Waals surface area (Å²) in [5, 5.41) is 0. The summed E-state index contributed by atoms with van der Waals surface area (Å²) in [6.45, 7) is 0. The van der Waals surface area contributed by atoms with Gasteiger partial charge in [0.25, 0.3) is 0 Å². The van der Waals surface area contributed by atoms with Gasteiger partial charge in [0, 0.05) is 0 Å². The number of hydrogen-bond donors (Lipinski definition) is 0. The van der Waals surface area contributed by atoms with Gasteiger partial charge in [-0.25, -0.2) is 0 Å². The van der Waals surface area contributed by atoms with E-state index < -0.39 is 17.6 Å². The summed E-state index contributed by atoms with van der Waals surface area (Å²) in [6, 6.07) is 57.6. The molecule has 0 amide bonds. The Morgan fingerprint density at radius 2 is 0.840 bits per heavy atom. The van der Waals surface area contributed by atoms with Crippen LogP contribution in [0.3, 0.4) is 0 Å². The zero-order valence-corrected chi connectivity index (χ0v) is 29.9. The van der Waals surface area contributed by atoms with Crippen molar-refractivity contribution in [2.24, 2.45) is 0 Å². The van der Waals surface area contributed by atoms with Crippen LogP contribution < -0.4 is 14.7 Å². The van der Waals surface area contributed by atoms with Crippen molar-refractivity contribution < 1.29 is 17.6 Å². The Labute approximate surface area is 301 Å². The fourth-order valence-electron chi connectivity index (χ4n) is 6.65. The molecule has 50 heavy (non-hydrogen) atoms. The Kier molecular flexibility index (Phi) is 7.63. The molecule has 0 unspecified atom stereocenters. The van der Waals surface area contributed by atoms with Crippen LogP contribution in [0.1, 0.15) is 0 Å². The van der Waals surface area contributed by atoms with Crippen molar-refractivity contribution in [3.63, 3.8) is 0 Å². The molecule has 0 saturated carbocycles.